The number of allylic oxidation sites excluding steroid dienone is 4. The van der Waals surface area contributed by atoms with Crippen molar-refractivity contribution >= 4 is 0 Å². The van der Waals surface area contributed by atoms with Crippen LogP contribution in [0.4, 0.5) is 0 Å². The van der Waals surface area contributed by atoms with Gasteiger partial charge in [-0.15, -0.1) is 25.7 Å². The third-order valence-electron chi connectivity index (χ3n) is 4.77. The zero-order chi connectivity index (χ0) is 22.1. The summed E-state index contributed by atoms with van der Waals surface area (Å²) in [6.45, 7) is 9.07. The molecule has 170 valence electrons. The van der Waals surface area contributed by atoms with E-state index in [2.05, 4.69) is 39.8 Å². The van der Waals surface area contributed by atoms with E-state index in [0.29, 0.717) is 0 Å². The first kappa shape index (κ1) is 32.2. The Labute approximate surface area is 214 Å². The van der Waals surface area contributed by atoms with Gasteiger partial charge in [0.2, 0.25) is 0 Å². The average Bonchev–Trinajstić information content (AvgIpc) is 3.52. The van der Waals surface area contributed by atoms with Crippen LogP contribution in [0.3, 0.4) is 0 Å². The molecule has 2 rings (SSSR count). The first-order valence-corrected chi connectivity index (χ1v) is 12.3. The molecule has 0 amide bonds. The van der Waals surface area contributed by atoms with E-state index in [-0.39, 0.29) is 26.2 Å². The van der Waals surface area contributed by atoms with Crippen LogP contribution in [0.25, 0.3) is 0 Å². The van der Waals surface area contributed by atoms with Crippen LogP contribution in [-0.2, 0) is 26.2 Å². The Morgan fingerprint density at radius 2 is 0.871 bits per heavy atom. The molecule has 31 heavy (non-hydrogen) atoms. The van der Waals surface area contributed by atoms with Crippen LogP contribution in [0.15, 0.2) is 71.8 Å². The van der Waals surface area contributed by atoms with Gasteiger partial charge >= 0.3 is 26.2 Å². The molecule has 0 aliphatic carbocycles. The monoisotopic (exact) mass is 496 g/mol. The van der Waals surface area contributed by atoms with Crippen molar-refractivity contribution in [2.24, 2.45) is 0 Å². The summed E-state index contributed by atoms with van der Waals surface area (Å²) >= 11 is 0. The maximum atomic E-state index is 3.71. The molecule has 0 N–H and O–H groups in total. The van der Waals surface area contributed by atoms with Crippen molar-refractivity contribution < 1.29 is 26.2 Å². The zero-order valence-electron chi connectivity index (χ0n) is 20.8. The number of rotatable bonds is 13. The predicted octanol–water partition coefficient (Wildman–Crippen LogP) is 10.0. The van der Waals surface area contributed by atoms with Crippen LogP contribution < -0.4 is 0 Å². The SMILES string of the molecule is CCCC[C-]=C(CCCC)C(=[C-]CCCC)CCCC.[Zr+4].c1cc[cH-]c1.c1cc[cH-]c1. The largest absolute Gasteiger partial charge is 4.00 e. The van der Waals surface area contributed by atoms with E-state index < -0.39 is 0 Å². The average molecular weight is 498 g/mol. The molecule has 0 aliphatic rings. The van der Waals surface area contributed by atoms with Crippen molar-refractivity contribution in [3.63, 3.8) is 0 Å². The second-order valence-electron chi connectivity index (χ2n) is 7.65. The van der Waals surface area contributed by atoms with E-state index in [1.165, 1.54) is 75.4 Å². The van der Waals surface area contributed by atoms with Crippen LogP contribution in [0.5, 0.6) is 0 Å². The molecule has 0 saturated heterocycles. The van der Waals surface area contributed by atoms with Gasteiger partial charge < -0.3 is 23.3 Å². The Morgan fingerprint density at radius 1 is 0.548 bits per heavy atom. The van der Waals surface area contributed by atoms with Gasteiger partial charge in [-0.25, -0.2) is 24.3 Å². The topological polar surface area (TPSA) is 0 Å². The maximum absolute atomic E-state index is 3.71. The van der Waals surface area contributed by atoms with Gasteiger partial charge in [0.1, 0.15) is 0 Å². The van der Waals surface area contributed by atoms with Gasteiger partial charge in [-0.1, -0.05) is 79.1 Å². The van der Waals surface area contributed by atoms with Crippen molar-refractivity contribution in [3.05, 3.63) is 84.0 Å². The normalized spacial score (nSPS) is 11.0. The van der Waals surface area contributed by atoms with Crippen molar-refractivity contribution in [1.29, 1.82) is 0 Å². The van der Waals surface area contributed by atoms with Crippen LogP contribution in [0, 0.1) is 12.2 Å². The molecular formula is C30H46Zr. The summed E-state index contributed by atoms with van der Waals surface area (Å²) in [5.41, 5.74) is 2.98. The molecule has 0 radical (unpaired) electrons. The van der Waals surface area contributed by atoms with Crippen LogP contribution >= 0.6 is 0 Å². The summed E-state index contributed by atoms with van der Waals surface area (Å²) in [5.74, 6) is 0. The van der Waals surface area contributed by atoms with E-state index in [4.69, 9.17) is 0 Å². The molecule has 2 aromatic carbocycles. The van der Waals surface area contributed by atoms with Gasteiger partial charge in [0, 0.05) is 0 Å². The van der Waals surface area contributed by atoms with Gasteiger partial charge in [0.25, 0.3) is 0 Å². The van der Waals surface area contributed by atoms with Crippen molar-refractivity contribution in [2.45, 2.75) is 105 Å². The standard InChI is InChI=1S/C20H36.2C5H5.Zr/c1-5-9-13-17-19(15-11-7-3)20(16-12-8-4)18-14-10-6-2;2*1-2-4-5-3-1;/h5-16H2,1-4H3;2*1-5H;/q-2;2*-1;+4. The minimum Gasteiger partial charge on any atom is -0.373 e. The number of hydrogen-bond acceptors (Lipinski definition) is 0. The molecule has 0 aliphatic heterocycles. The van der Waals surface area contributed by atoms with E-state index in [0.717, 1.165) is 12.8 Å². The molecule has 0 nitrogen and oxygen atoms in total. The molecule has 1 heteroatoms. The third kappa shape index (κ3) is 22.1. The molecule has 0 unspecified atom stereocenters. The summed E-state index contributed by atoms with van der Waals surface area (Å²) in [6, 6.07) is 20.0. The van der Waals surface area contributed by atoms with E-state index >= 15 is 0 Å². The molecule has 0 spiro atoms. The van der Waals surface area contributed by atoms with Crippen molar-refractivity contribution in [2.75, 3.05) is 0 Å². The number of hydrogen-bond donors (Lipinski definition) is 0. The van der Waals surface area contributed by atoms with E-state index in [1.54, 1.807) is 0 Å². The van der Waals surface area contributed by atoms with Crippen LogP contribution in [0.1, 0.15) is 105 Å². The molecule has 0 fully saturated rings. The predicted molar refractivity (Wildman–Crippen MR) is 136 cm³/mol. The number of unbranched alkanes of at least 4 members (excludes halogenated alkanes) is 6. The summed E-state index contributed by atoms with van der Waals surface area (Å²) in [5, 5.41) is 0. The van der Waals surface area contributed by atoms with Gasteiger partial charge in [0.05, 0.1) is 0 Å². The molecule has 0 atom stereocenters. The first-order valence-electron chi connectivity index (χ1n) is 12.3. The van der Waals surface area contributed by atoms with Gasteiger partial charge in [-0.3, -0.25) is 0 Å². The molecular weight excluding hydrogens is 452 g/mol. The Hall–Kier alpha value is -0.937. The molecule has 0 saturated carbocycles. The van der Waals surface area contributed by atoms with E-state index in [9.17, 15) is 0 Å². The molecule has 0 bridgehead atoms. The van der Waals surface area contributed by atoms with E-state index in [1.807, 2.05) is 60.7 Å². The van der Waals surface area contributed by atoms with Crippen LogP contribution in [-0.4, -0.2) is 0 Å². The van der Waals surface area contributed by atoms with Gasteiger partial charge in [-0.2, -0.15) is 36.4 Å². The minimum atomic E-state index is 0. The first-order chi connectivity index (χ1) is 14.8. The quantitative estimate of drug-likeness (QED) is 0.147. The smallest absolute Gasteiger partial charge is 0.373 e. The molecule has 0 aromatic heterocycles. The third-order valence-corrected chi connectivity index (χ3v) is 4.77. The summed E-state index contributed by atoms with van der Waals surface area (Å²) < 4.78 is 0. The van der Waals surface area contributed by atoms with Gasteiger partial charge in [-0.05, 0) is 0 Å². The fourth-order valence-electron chi connectivity index (χ4n) is 2.87. The van der Waals surface area contributed by atoms with Crippen molar-refractivity contribution in [3.8, 4) is 0 Å². The van der Waals surface area contributed by atoms with Crippen molar-refractivity contribution in [1.82, 2.24) is 0 Å². The molecule has 2 aromatic rings. The second kappa shape index (κ2) is 27.1. The minimum absolute atomic E-state index is 0. The van der Waals surface area contributed by atoms with Gasteiger partial charge in [0.15, 0.2) is 0 Å². The summed E-state index contributed by atoms with van der Waals surface area (Å²) in [4.78, 5) is 0. The Bertz CT molecular complexity index is 483. The molecule has 0 heterocycles. The Morgan fingerprint density at radius 3 is 1.10 bits per heavy atom. The summed E-state index contributed by atoms with van der Waals surface area (Å²) in [7, 11) is 0. The maximum Gasteiger partial charge on any atom is 4.00 e. The zero-order valence-corrected chi connectivity index (χ0v) is 23.2. The Kier molecular flexibility index (Phi) is 28.2. The second-order valence-corrected chi connectivity index (χ2v) is 7.65. The fourth-order valence-corrected chi connectivity index (χ4v) is 2.87. The fraction of sp³-hybridized carbons (Fsp3) is 0.533. The Balaban J connectivity index is 0. The summed E-state index contributed by atoms with van der Waals surface area (Å²) in [6.07, 6.45) is 22.3. The van der Waals surface area contributed by atoms with Crippen LogP contribution in [0.2, 0.25) is 0 Å².